The number of rotatable bonds is 4. The van der Waals surface area contributed by atoms with E-state index in [0.717, 1.165) is 12.1 Å². The van der Waals surface area contributed by atoms with Crippen molar-refractivity contribution in [1.82, 2.24) is 15.1 Å². The molecule has 4 rings (SSSR count). The van der Waals surface area contributed by atoms with Crippen LogP contribution in [0.25, 0.3) is 11.5 Å². The Kier molecular flexibility index (Phi) is 5.65. The van der Waals surface area contributed by atoms with E-state index in [2.05, 4.69) is 20.3 Å². The molecule has 0 bridgehead atoms. The van der Waals surface area contributed by atoms with E-state index in [1.807, 2.05) is 17.0 Å². The number of nitrogens with zero attached hydrogens (tertiary/aromatic N) is 4. The van der Waals surface area contributed by atoms with Crippen LogP contribution < -0.4 is 15.0 Å². The van der Waals surface area contributed by atoms with Crippen LogP contribution in [0.4, 0.5) is 29.5 Å². The number of ether oxygens (including phenoxy) is 1. The lowest BCUT2D eigenvalue weighted by atomic mass is 10.3. The quantitative estimate of drug-likeness (QED) is 0.670. The number of carbonyl (C=O) groups excluding carboxylic acids is 1. The third-order valence-electron chi connectivity index (χ3n) is 4.65. The molecule has 1 N–H and O–H groups in total. The van der Waals surface area contributed by atoms with Gasteiger partial charge in [-0.05, 0) is 48.5 Å². The highest BCUT2D eigenvalue weighted by Crippen LogP contribution is 2.24. The van der Waals surface area contributed by atoms with Gasteiger partial charge in [0.05, 0.1) is 6.26 Å². The third kappa shape index (κ3) is 5.24. The van der Waals surface area contributed by atoms with Gasteiger partial charge < -0.3 is 24.3 Å². The number of furan rings is 1. The number of aromatic nitrogens is 2. The normalized spacial score (nSPS) is 14.4. The molecule has 0 atom stereocenters. The number of hydrogen-bond acceptors (Lipinski definition) is 6. The first kappa shape index (κ1) is 20.5. The van der Waals surface area contributed by atoms with Crippen molar-refractivity contribution in [1.29, 1.82) is 0 Å². The molecule has 2 aromatic heterocycles. The fourth-order valence-corrected chi connectivity index (χ4v) is 3.13. The van der Waals surface area contributed by atoms with E-state index in [0.29, 0.717) is 49.1 Å². The van der Waals surface area contributed by atoms with Crippen LogP contribution in [0.15, 0.2) is 59.2 Å². The molecule has 31 heavy (non-hydrogen) atoms. The molecule has 0 radical (unpaired) electrons. The van der Waals surface area contributed by atoms with Crippen molar-refractivity contribution in [2.24, 2.45) is 0 Å². The van der Waals surface area contributed by atoms with Gasteiger partial charge in [0.15, 0.2) is 11.6 Å². The minimum absolute atomic E-state index is 0.330. The second kappa shape index (κ2) is 8.54. The van der Waals surface area contributed by atoms with Crippen LogP contribution >= 0.6 is 0 Å². The van der Waals surface area contributed by atoms with Crippen LogP contribution in [0.5, 0.6) is 5.75 Å². The van der Waals surface area contributed by atoms with Gasteiger partial charge in [-0.3, -0.25) is 0 Å². The molecule has 1 aromatic carbocycles. The van der Waals surface area contributed by atoms with Crippen LogP contribution in [0.1, 0.15) is 0 Å². The van der Waals surface area contributed by atoms with Gasteiger partial charge in [0.25, 0.3) is 0 Å². The molecule has 0 spiro atoms. The molecule has 0 saturated carbocycles. The summed E-state index contributed by atoms with van der Waals surface area (Å²) < 4.78 is 45.8. The zero-order valence-electron chi connectivity index (χ0n) is 16.2. The first-order valence-corrected chi connectivity index (χ1v) is 9.42. The molecule has 1 fully saturated rings. The first-order valence-electron chi connectivity index (χ1n) is 9.42. The Bertz CT molecular complexity index is 1000. The summed E-state index contributed by atoms with van der Waals surface area (Å²) in [6.07, 6.45) is -3.19. The highest BCUT2D eigenvalue weighted by Gasteiger charge is 2.31. The summed E-state index contributed by atoms with van der Waals surface area (Å²) in [5.41, 5.74) is 1.01. The van der Waals surface area contributed by atoms with Crippen molar-refractivity contribution in [3.8, 4) is 17.2 Å². The van der Waals surface area contributed by atoms with E-state index in [-0.39, 0.29) is 11.8 Å². The summed E-state index contributed by atoms with van der Waals surface area (Å²) in [7, 11) is 0. The van der Waals surface area contributed by atoms with E-state index in [9.17, 15) is 18.0 Å². The number of piperazine rings is 1. The average Bonchev–Trinajstić information content (AvgIpc) is 3.29. The molecular formula is C20H18F3N5O3. The smallest absolute Gasteiger partial charge is 0.463 e. The minimum atomic E-state index is -4.76. The van der Waals surface area contributed by atoms with Crippen molar-refractivity contribution in [2.75, 3.05) is 36.4 Å². The fourth-order valence-electron chi connectivity index (χ4n) is 3.13. The monoisotopic (exact) mass is 433 g/mol. The summed E-state index contributed by atoms with van der Waals surface area (Å²) in [4.78, 5) is 16.1. The summed E-state index contributed by atoms with van der Waals surface area (Å²) in [5, 5.41) is 11.1. The molecule has 0 unspecified atom stereocenters. The molecule has 1 aliphatic heterocycles. The number of urea groups is 1. The number of amides is 2. The predicted molar refractivity (Wildman–Crippen MR) is 106 cm³/mol. The molecule has 162 valence electrons. The molecular weight excluding hydrogens is 415 g/mol. The van der Waals surface area contributed by atoms with Crippen LogP contribution in [0.2, 0.25) is 0 Å². The summed E-state index contributed by atoms with van der Waals surface area (Å²) >= 11 is 0. The van der Waals surface area contributed by atoms with Crippen molar-refractivity contribution in [3.05, 3.63) is 54.8 Å². The number of nitrogens with one attached hydrogen (secondary N) is 1. The van der Waals surface area contributed by atoms with Gasteiger partial charge in [0.1, 0.15) is 11.4 Å². The van der Waals surface area contributed by atoms with E-state index < -0.39 is 6.36 Å². The second-order valence-electron chi connectivity index (χ2n) is 6.73. The lowest BCUT2D eigenvalue weighted by Gasteiger charge is -2.35. The Balaban J connectivity index is 1.29. The maximum Gasteiger partial charge on any atom is 0.573 e. The van der Waals surface area contributed by atoms with E-state index in [1.165, 1.54) is 12.1 Å². The third-order valence-corrected chi connectivity index (χ3v) is 4.65. The van der Waals surface area contributed by atoms with Gasteiger partial charge in [0.2, 0.25) is 0 Å². The second-order valence-corrected chi connectivity index (χ2v) is 6.73. The first-order chi connectivity index (χ1) is 14.9. The van der Waals surface area contributed by atoms with Crippen LogP contribution in [-0.2, 0) is 0 Å². The largest absolute Gasteiger partial charge is 0.573 e. The van der Waals surface area contributed by atoms with Gasteiger partial charge in [-0.2, -0.15) is 0 Å². The minimum Gasteiger partial charge on any atom is -0.463 e. The van der Waals surface area contributed by atoms with Gasteiger partial charge in [-0.15, -0.1) is 23.4 Å². The standard InChI is InChI=1S/C20H18F3N5O3/c21-20(22,23)31-15-5-3-14(4-6-15)24-19(29)28-11-9-27(10-12-28)18-8-7-16(25-26-18)17-2-1-13-30-17/h1-8,13H,9-12H2,(H,24,29). The van der Waals surface area contributed by atoms with Crippen LogP contribution in [0.3, 0.4) is 0 Å². The molecule has 0 aliphatic carbocycles. The number of anilines is 2. The predicted octanol–water partition coefficient (Wildman–Crippen LogP) is 3.99. The SMILES string of the molecule is O=C(Nc1ccc(OC(F)(F)F)cc1)N1CCN(c2ccc(-c3ccco3)nn2)CC1. The lowest BCUT2D eigenvalue weighted by Crippen LogP contribution is -2.50. The number of benzene rings is 1. The van der Waals surface area contributed by atoms with Crippen LogP contribution in [0, 0.1) is 0 Å². The molecule has 1 saturated heterocycles. The highest BCUT2D eigenvalue weighted by molar-refractivity contribution is 5.89. The van der Waals surface area contributed by atoms with Gasteiger partial charge in [0, 0.05) is 31.9 Å². The fraction of sp³-hybridized carbons (Fsp3) is 0.250. The Labute approximate surface area is 175 Å². The number of carbonyl (C=O) groups is 1. The topological polar surface area (TPSA) is 83.7 Å². The van der Waals surface area contributed by atoms with E-state index in [4.69, 9.17) is 4.42 Å². The van der Waals surface area contributed by atoms with E-state index >= 15 is 0 Å². The van der Waals surface area contributed by atoms with E-state index in [1.54, 1.807) is 23.3 Å². The summed E-state index contributed by atoms with van der Waals surface area (Å²) in [5.74, 6) is 0.993. The zero-order valence-corrected chi connectivity index (χ0v) is 16.2. The molecule has 3 heterocycles. The van der Waals surface area contributed by atoms with Crippen molar-refractivity contribution < 1.29 is 27.1 Å². The maximum atomic E-state index is 12.4. The Morgan fingerprint density at radius 1 is 1.00 bits per heavy atom. The summed E-state index contributed by atoms with van der Waals surface area (Å²) in [6.45, 7) is 2.06. The summed E-state index contributed by atoms with van der Waals surface area (Å²) in [6, 6.07) is 11.9. The van der Waals surface area contributed by atoms with Gasteiger partial charge in [-0.25, -0.2) is 4.79 Å². The maximum absolute atomic E-state index is 12.4. The Morgan fingerprint density at radius 2 is 1.74 bits per heavy atom. The molecule has 3 aromatic rings. The highest BCUT2D eigenvalue weighted by atomic mass is 19.4. The molecule has 8 nitrogen and oxygen atoms in total. The molecule has 1 aliphatic rings. The number of halogens is 3. The zero-order chi connectivity index (χ0) is 21.8. The Morgan fingerprint density at radius 3 is 2.32 bits per heavy atom. The van der Waals surface area contributed by atoms with Crippen LogP contribution in [-0.4, -0.2) is 53.7 Å². The lowest BCUT2D eigenvalue weighted by molar-refractivity contribution is -0.274. The molecule has 11 heteroatoms. The number of alkyl halides is 3. The van der Waals surface area contributed by atoms with Gasteiger partial charge in [-0.1, -0.05) is 0 Å². The van der Waals surface area contributed by atoms with Crippen molar-refractivity contribution in [2.45, 2.75) is 6.36 Å². The number of hydrogen-bond donors (Lipinski definition) is 1. The van der Waals surface area contributed by atoms with Gasteiger partial charge >= 0.3 is 12.4 Å². The van der Waals surface area contributed by atoms with Crippen molar-refractivity contribution in [3.63, 3.8) is 0 Å². The average molecular weight is 433 g/mol. The molecule has 2 amide bonds. The van der Waals surface area contributed by atoms with Crippen molar-refractivity contribution >= 4 is 17.5 Å². The Hall–Kier alpha value is -3.76.